The van der Waals surface area contributed by atoms with Crippen molar-refractivity contribution in [2.24, 2.45) is 0 Å². The van der Waals surface area contributed by atoms with Crippen LogP contribution in [-0.2, 0) is 71.5 Å². The van der Waals surface area contributed by atoms with Crippen LogP contribution >= 0.6 is 11.8 Å². The molecule has 0 saturated carbocycles. The van der Waals surface area contributed by atoms with E-state index in [-0.39, 0.29) is 58.0 Å². The van der Waals surface area contributed by atoms with Crippen LogP contribution in [0.3, 0.4) is 0 Å². The van der Waals surface area contributed by atoms with Crippen molar-refractivity contribution >= 4 is 34.1 Å². The molecule has 3 rings (SSSR count). The number of carbonyl (C=O) groups is 2. The number of thiocyanates is 1. The molecule has 20 heteroatoms. The predicted molar refractivity (Wildman–Crippen MR) is 144 cm³/mol. The molecule has 3 fully saturated rings. The van der Waals surface area contributed by atoms with Crippen LogP contribution in [0.15, 0.2) is 0 Å². The standard InChI is InChI=1S/C25H39NO16S2.K/c1-12(27)34-9-14-17-19(40-24(3,4)38-17)20(35-13(2)28)23(36-14)37-16(15(10-43-11-26)42-44(29,30)31)18-21(22(32-7)33-8)41-25(5,6)39-18;/h14-23H,9-10H2,1-8H3,(H,29,30,31);/q;+1/p-1/t14-,15-,16-,17+,18+,19+,20-,21-,23+;/m1./s1. The second-order valence-electron chi connectivity index (χ2n) is 10.9. The van der Waals surface area contributed by atoms with Crippen LogP contribution in [0.1, 0.15) is 41.5 Å². The maximum Gasteiger partial charge on any atom is 1.00 e. The number of methoxy groups -OCH3 is 2. The van der Waals surface area contributed by atoms with E-state index in [1.165, 1.54) is 21.1 Å². The Morgan fingerprint density at radius 1 is 0.978 bits per heavy atom. The zero-order valence-corrected chi connectivity index (χ0v) is 31.2. The molecule has 9 atom stereocenters. The predicted octanol–water partition coefficient (Wildman–Crippen LogP) is -2.69. The molecule has 0 aromatic heterocycles. The van der Waals surface area contributed by atoms with Crippen molar-refractivity contribution in [1.29, 1.82) is 5.26 Å². The monoisotopic (exact) mass is 711 g/mol. The summed E-state index contributed by atoms with van der Waals surface area (Å²) < 4.78 is 98.6. The SMILES string of the molecule is COC(OC)[C@@H]1OC(C)(C)O[C@H]1[C@H](O[C@@H]1O[C@H](COC(C)=O)[C@@H]2OC(C)(C)O[C@@H]2[C@H]1OC(C)=O)[C@@H](CSC#N)OS(=O)(=O)[O-].[K+]. The van der Waals surface area contributed by atoms with Gasteiger partial charge in [-0.15, -0.1) is 0 Å². The van der Waals surface area contributed by atoms with Gasteiger partial charge in [0.05, 0.1) is 0 Å². The first-order valence-electron chi connectivity index (χ1n) is 13.4. The third-order valence-electron chi connectivity index (χ3n) is 6.62. The molecule has 0 aromatic rings. The van der Waals surface area contributed by atoms with E-state index in [2.05, 4.69) is 0 Å². The summed E-state index contributed by atoms with van der Waals surface area (Å²) in [7, 11) is -2.72. The van der Waals surface area contributed by atoms with Crippen molar-refractivity contribution in [2.45, 2.75) is 115 Å². The van der Waals surface area contributed by atoms with Crippen LogP contribution < -0.4 is 51.4 Å². The summed E-state index contributed by atoms with van der Waals surface area (Å²) >= 11 is 0.576. The Kier molecular flexibility index (Phi) is 15.6. The van der Waals surface area contributed by atoms with Gasteiger partial charge in [-0.3, -0.25) is 13.8 Å². The zero-order valence-electron chi connectivity index (χ0n) is 26.5. The molecule has 0 aromatic carbocycles. The van der Waals surface area contributed by atoms with E-state index in [4.69, 9.17) is 51.6 Å². The van der Waals surface area contributed by atoms with E-state index in [0.717, 1.165) is 6.92 Å². The molecule has 45 heavy (non-hydrogen) atoms. The number of hydrogen-bond donors (Lipinski definition) is 0. The summed E-state index contributed by atoms with van der Waals surface area (Å²) in [5, 5.41) is 11.0. The smallest absolute Gasteiger partial charge is 0.726 e. The van der Waals surface area contributed by atoms with E-state index in [1.54, 1.807) is 33.1 Å². The van der Waals surface area contributed by atoms with E-state index in [0.29, 0.717) is 11.8 Å². The summed E-state index contributed by atoms with van der Waals surface area (Å²) in [4.78, 5) is 23.9. The maximum atomic E-state index is 12.3. The minimum Gasteiger partial charge on any atom is -0.726 e. The molecule has 0 bridgehead atoms. The van der Waals surface area contributed by atoms with Crippen molar-refractivity contribution in [3.63, 3.8) is 0 Å². The first kappa shape index (κ1) is 41.1. The van der Waals surface area contributed by atoms with Crippen LogP contribution in [0.4, 0.5) is 0 Å². The number of nitrogens with zero attached hydrogens (tertiary/aromatic N) is 1. The fourth-order valence-electron chi connectivity index (χ4n) is 5.22. The Bertz CT molecular complexity index is 1160. The molecule has 0 spiro atoms. The average molecular weight is 712 g/mol. The zero-order chi connectivity index (χ0) is 33.0. The Labute approximate surface area is 308 Å². The summed E-state index contributed by atoms with van der Waals surface area (Å²) in [5.41, 5.74) is 0. The first-order valence-corrected chi connectivity index (χ1v) is 15.8. The molecule has 3 aliphatic rings. The molecule has 3 aliphatic heterocycles. The quantitative estimate of drug-likeness (QED) is 0.0448. The molecule has 3 saturated heterocycles. The number of esters is 2. The van der Waals surface area contributed by atoms with Gasteiger partial charge in [0.1, 0.15) is 54.7 Å². The van der Waals surface area contributed by atoms with Gasteiger partial charge >= 0.3 is 63.3 Å². The Morgan fingerprint density at radius 3 is 2.09 bits per heavy atom. The van der Waals surface area contributed by atoms with Crippen molar-refractivity contribution in [3.8, 4) is 5.40 Å². The van der Waals surface area contributed by atoms with Crippen LogP contribution in [0.25, 0.3) is 0 Å². The largest absolute Gasteiger partial charge is 1.00 e. The fourth-order valence-corrected chi connectivity index (χ4v) is 6.29. The number of nitriles is 1. The van der Waals surface area contributed by atoms with Crippen molar-refractivity contribution < 1.29 is 125 Å². The van der Waals surface area contributed by atoms with Gasteiger partial charge < -0.3 is 51.9 Å². The Hall–Kier alpha value is -0.0336. The van der Waals surface area contributed by atoms with Gasteiger partial charge in [0, 0.05) is 33.8 Å². The third kappa shape index (κ3) is 11.5. The van der Waals surface area contributed by atoms with Gasteiger partial charge in [-0.25, -0.2) is 8.42 Å². The van der Waals surface area contributed by atoms with Gasteiger partial charge in [0.25, 0.3) is 0 Å². The maximum absolute atomic E-state index is 12.3. The molecule has 3 heterocycles. The molecule has 0 amide bonds. The first-order chi connectivity index (χ1) is 20.4. The van der Waals surface area contributed by atoms with Gasteiger partial charge in [0.15, 0.2) is 30.3 Å². The molecular formula is C25H38KNO16S2. The average Bonchev–Trinajstić information content (AvgIpc) is 3.39. The molecule has 0 N–H and O–H groups in total. The number of fused-ring (bicyclic) bond motifs is 1. The van der Waals surface area contributed by atoms with Crippen molar-refractivity contribution in [2.75, 3.05) is 26.6 Å². The fraction of sp³-hybridized carbons (Fsp3) is 0.880. The van der Waals surface area contributed by atoms with Gasteiger partial charge in [-0.2, -0.15) is 5.26 Å². The van der Waals surface area contributed by atoms with Gasteiger partial charge in [-0.1, -0.05) is 0 Å². The third-order valence-corrected chi connectivity index (χ3v) is 7.72. The number of thioether (sulfide) groups is 1. The molecule has 0 radical (unpaired) electrons. The minimum atomic E-state index is -5.38. The van der Waals surface area contributed by atoms with Crippen LogP contribution in [0.2, 0.25) is 0 Å². The molecule has 0 unspecified atom stereocenters. The van der Waals surface area contributed by atoms with Crippen LogP contribution in [0, 0.1) is 10.7 Å². The van der Waals surface area contributed by atoms with Gasteiger partial charge in [-0.05, 0) is 39.5 Å². The Balaban J connectivity index is 0.00000705. The van der Waals surface area contributed by atoms with E-state index in [1.807, 2.05) is 0 Å². The van der Waals surface area contributed by atoms with Crippen LogP contribution in [0.5, 0.6) is 0 Å². The summed E-state index contributed by atoms with van der Waals surface area (Å²) in [6.45, 7) is 8.38. The normalized spacial score (nSPS) is 31.7. The van der Waals surface area contributed by atoms with E-state index >= 15 is 0 Å². The second-order valence-corrected chi connectivity index (χ2v) is 12.7. The van der Waals surface area contributed by atoms with Gasteiger partial charge in [0.2, 0.25) is 10.4 Å². The summed E-state index contributed by atoms with van der Waals surface area (Å²) in [6, 6.07) is 0. The number of carbonyl (C=O) groups excluding carboxylic acids is 2. The van der Waals surface area contributed by atoms with Crippen molar-refractivity contribution in [3.05, 3.63) is 0 Å². The Morgan fingerprint density at radius 2 is 1.56 bits per heavy atom. The number of rotatable bonds is 14. The molecular weight excluding hydrogens is 673 g/mol. The number of hydrogen-bond acceptors (Lipinski definition) is 18. The van der Waals surface area contributed by atoms with E-state index < -0.39 is 101 Å². The molecule has 0 aliphatic carbocycles. The number of ether oxygens (including phenoxy) is 10. The van der Waals surface area contributed by atoms with Crippen molar-refractivity contribution in [1.82, 2.24) is 0 Å². The minimum absolute atomic E-state index is 0. The molecule has 17 nitrogen and oxygen atoms in total. The summed E-state index contributed by atoms with van der Waals surface area (Å²) in [6.07, 6.45) is -12.6. The van der Waals surface area contributed by atoms with E-state index in [9.17, 15) is 27.8 Å². The second kappa shape index (κ2) is 17.1. The summed E-state index contributed by atoms with van der Waals surface area (Å²) in [5.74, 6) is -4.26. The topological polar surface area (TPSA) is 217 Å². The molecule has 252 valence electrons. The van der Waals surface area contributed by atoms with Crippen LogP contribution in [-0.4, -0.2) is 124 Å².